The number of hydrogen-bond donors (Lipinski definition) is 2. The van der Waals surface area contributed by atoms with E-state index in [1.165, 1.54) is 27.1 Å². The molecule has 1 saturated carbocycles. The fraction of sp³-hybridized carbons (Fsp3) is 0.615. The predicted octanol–water partition coefficient (Wildman–Crippen LogP) is 0.305. The molecule has 1 aliphatic rings. The van der Waals surface area contributed by atoms with E-state index in [1.54, 1.807) is 0 Å². The zero-order chi connectivity index (χ0) is 15.8. The number of nitrogens with two attached hydrogens (primary N) is 1. The molecule has 1 aromatic rings. The summed E-state index contributed by atoms with van der Waals surface area (Å²) < 4.78 is 30.6. The van der Waals surface area contributed by atoms with Crippen LogP contribution >= 0.6 is 0 Å². The van der Waals surface area contributed by atoms with E-state index in [9.17, 15) is 13.2 Å². The lowest BCUT2D eigenvalue weighted by atomic mass is 10.2. The number of amides is 1. The van der Waals surface area contributed by atoms with Gasteiger partial charge >= 0.3 is 0 Å². The van der Waals surface area contributed by atoms with Gasteiger partial charge in [-0.05, 0) is 25.7 Å². The van der Waals surface area contributed by atoms with Crippen LogP contribution < -0.4 is 11.1 Å². The lowest BCUT2D eigenvalue weighted by Gasteiger charge is -2.14. The van der Waals surface area contributed by atoms with Crippen LogP contribution in [-0.4, -0.2) is 45.3 Å². The molecule has 2 rings (SSSR count). The Labute approximate surface area is 124 Å². The molecule has 3 N–H and O–H groups in total. The van der Waals surface area contributed by atoms with E-state index in [1.807, 2.05) is 0 Å². The second-order valence-corrected chi connectivity index (χ2v) is 7.59. The van der Waals surface area contributed by atoms with Crippen LogP contribution in [-0.2, 0) is 10.0 Å². The van der Waals surface area contributed by atoms with Gasteiger partial charge in [0.1, 0.15) is 10.7 Å². The molecule has 0 radical (unpaired) electrons. The van der Waals surface area contributed by atoms with E-state index in [4.69, 9.17) is 10.2 Å². The molecule has 1 amide bonds. The molecule has 0 saturated heterocycles. The van der Waals surface area contributed by atoms with Crippen molar-refractivity contribution < 1.29 is 17.6 Å². The lowest BCUT2D eigenvalue weighted by molar-refractivity contribution is 0.0904. The van der Waals surface area contributed by atoms with Crippen molar-refractivity contribution in [2.24, 2.45) is 11.7 Å². The van der Waals surface area contributed by atoms with E-state index in [0.717, 1.165) is 17.1 Å². The first-order chi connectivity index (χ1) is 9.77. The number of nitrogens with one attached hydrogen (secondary N) is 1. The number of hydrogen-bond acceptors (Lipinski definition) is 5. The molecule has 0 bridgehead atoms. The van der Waals surface area contributed by atoms with Crippen molar-refractivity contribution in [1.82, 2.24) is 9.62 Å². The molecule has 1 aromatic heterocycles. The van der Waals surface area contributed by atoms with Gasteiger partial charge < -0.3 is 15.5 Å². The summed E-state index contributed by atoms with van der Waals surface area (Å²) in [6.45, 7) is 1.88. The molecule has 1 atom stereocenters. The topological polar surface area (TPSA) is 106 Å². The summed E-state index contributed by atoms with van der Waals surface area (Å²) in [7, 11) is -0.764. The summed E-state index contributed by atoms with van der Waals surface area (Å²) in [6.07, 6.45) is 2.11. The standard InChI is InChI=1S/C13H21N3O4S/c1-8-12(21(18,19)16(2)3)6-11(20-8)13(17)15-10(7-14)9-4-5-9/h6,9-10H,4-5,7,14H2,1-3H3,(H,15,17). The summed E-state index contributed by atoms with van der Waals surface area (Å²) in [5, 5.41) is 2.80. The minimum absolute atomic E-state index is 0.00738. The Morgan fingerprint density at radius 1 is 1.52 bits per heavy atom. The fourth-order valence-corrected chi connectivity index (χ4v) is 3.19. The van der Waals surface area contributed by atoms with Gasteiger partial charge in [-0.15, -0.1) is 0 Å². The first-order valence-corrected chi connectivity index (χ1v) is 8.25. The minimum Gasteiger partial charge on any atom is -0.455 e. The molecular weight excluding hydrogens is 294 g/mol. The van der Waals surface area contributed by atoms with E-state index >= 15 is 0 Å². The highest BCUT2D eigenvalue weighted by molar-refractivity contribution is 7.89. The minimum atomic E-state index is -3.62. The Bertz CT molecular complexity index is 632. The molecule has 1 aliphatic carbocycles. The van der Waals surface area contributed by atoms with Gasteiger partial charge in [0.05, 0.1) is 0 Å². The van der Waals surface area contributed by atoms with Crippen molar-refractivity contribution in [2.75, 3.05) is 20.6 Å². The first-order valence-electron chi connectivity index (χ1n) is 6.81. The summed E-state index contributed by atoms with van der Waals surface area (Å²) in [6, 6.07) is 1.18. The smallest absolute Gasteiger partial charge is 0.287 e. The molecule has 118 valence electrons. The molecular formula is C13H21N3O4S. The van der Waals surface area contributed by atoms with Crippen LogP contribution in [0.25, 0.3) is 0 Å². The third-order valence-electron chi connectivity index (χ3n) is 3.62. The maximum absolute atomic E-state index is 12.1. The van der Waals surface area contributed by atoms with Gasteiger partial charge in [0, 0.05) is 32.7 Å². The van der Waals surface area contributed by atoms with Crippen molar-refractivity contribution in [2.45, 2.75) is 30.7 Å². The molecule has 7 nitrogen and oxygen atoms in total. The average Bonchev–Trinajstić information content (AvgIpc) is 3.17. The van der Waals surface area contributed by atoms with E-state index in [2.05, 4.69) is 5.32 Å². The zero-order valence-electron chi connectivity index (χ0n) is 12.4. The Hall–Kier alpha value is -1.38. The van der Waals surface area contributed by atoms with Crippen molar-refractivity contribution >= 4 is 15.9 Å². The second-order valence-electron chi connectivity index (χ2n) is 5.47. The number of carbonyl (C=O) groups is 1. The summed E-state index contributed by atoms with van der Waals surface area (Å²) in [5.41, 5.74) is 5.64. The van der Waals surface area contributed by atoms with Gasteiger partial charge in [0.25, 0.3) is 5.91 Å². The van der Waals surface area contributed by atoms with Crippen LogP contribution in [0.1, 0.15) is 29.2 Å². The highest BCUT2D eigenvalue weighted by Gasteiger charge is 2.33. The van der Waals surface area contributed by atoms with Gasteiger partial charge in [-0.3, -0.25) is 4.79 Å². The van der Waals surface area contributed by atoms with Crippen molar-refractivity contribution in [3.63, 3.8) is 0 Å². The molecule has 0 aromatic carbocycles. The van der Waals surface area contributed by atoms with Crippen LogP contribution in [0.3, 0.4) is 0 Å². The van der Waals surface area contributed by atoms with E-state index in [-0.39, 0.29) is 22.5 Å². The quantitative estimate of drug-likeness (QED) is 0.785. The largest absolute Gasteiger partial charge is 0.455 e. The number of sulfonamides is 1. The number of furan rings is 1. The maximum Gasteiger partial charge on any atom is 0.287 e. The number of carbonyl (C=O) groups excluding carboxylic acids is 1. The predicted molar refractivity (Wildman–Crippen MR) is 77.4 cm³/mol. The van der Waals surface area contributed by atoms with Crippen LogP contribution in [0.2, 0.25) is 0 Å². The Morgan fingerprint density at radius 3 is 2.62 bits per heavy atom. The van der Waals surface area contributed by atoms with Crippen molar-refractivity contribution in [1.29, 1.82) is 0 Å². The monoisotopic (exact) mass is 315 g/mol. The Balaban J connectivity index is 2.20. The number of aryl methyl sites for hydroxylation is 1. The molecule has 0 aliphatic heterocycles. The number of nitrogens with zero attached hydrogens (tertiary/aromatic N) is 1. The van der Waals surface area contributed by atoms with Gasteiger partial charge in [-0.1, -0.05) is 0 Å². The van der Waals surface area contributed by atoms with Gasteiger partial charge in [-0.25, -0.2) is 12.7 Å². The van der Waals surface area contributed by atoms with Crippen LogP contribution in [0.5, 0.6) is 0 Å². The third-order valence-corrected chi connectivity index (χ3v) is 5.54. The Kier molecular flexibility index (Phi) is 4.40. The molecule has 1 heterocycles. The fourth-order valence-electron chi connectivity index (χ4n) is 2.14. The molecule has 1 fully saturated rings. The van der Waals surface area contributed by atoms with Crippen LogP contribution in [0.15, 0.2) is 15.4 Å². The van der Waals surface area contributed by atoms with Crippen LogP contribution in [0.4, 0.5) is 0 Å². The molecule has 8 heteroatoms. The zero-order valence-corrected chi connectivity index (χ0v) is 13.2. The summed E-state index contributed by atoms with van der Waals surface area (Å²) in [4.78, 5) is 12.1. The third kappa shape index (κ3) is 3.28. The van der Waals surface area contributed by atoms with Gasteiger partial charge in [-0.2, -0.15) is 0 Å². The normalized spacial score (nSPS) is 17.0. The van der Waals surface area contributed by atoms with E-state index in [0.29, 0.717) is 12.5 Å². The second kappa shape index (κ2) is 5.78. The van der Waals surface area contributed by atoms with Gasteiger partial charge in [0.2, 0.25) is 10.0 Å². The van der Waals surface area contributed by atoms with Gasteiger partial charge in [0.15, 0.2) is 5.76 Å². The Morgan fingerprint density at radius 2 is 2.14 bits per heavy atom. The SMILES string of the molecule is Cc1oc(C(=O)NC(CN)C2CC2)cc1S(=O)(=O)N(C)C. The highest BCUT2D eigenvalue weighted by Crippen LogP contribution is 2.32. The maximum atomic E-state index is 12.1. The molecule has 0 spiro atoms. The van der Waals surface area contributed by atoms with E-state index < -0.39 is 15.9 Å². The lowest BCUT2D eigenvalue weighted by Crippen LogP contribution is -2.41. The summed E-state index contributed by atoms with van der Waals surface area (Å²) in [5.74, 6) is 0.178. The van der Waals surface area contributed by atoms with Crippen molar-refractivity contribution in [3.8, 4) is 0 Å². The van der Waals surface area contributed by atoms with Crippen LogP contribution in [0, 0.1) is 12.8 Å². The summed E-state index contributed by atoms with van der Waals surface area (Å²) >= 11 is 0. The first kappa shape index (κ1) is 16.0. The average molecular weight is 315 g/mol. The van der Waals surface area contributed by atoms with Crippen molar-refractivity contribution in [3.05, 3.63) is 17.6 Å². The number of rotatable bonds is 6. The highest BCUT2D eigenvalue weighted by atomic mass is 32.2. The molecule has 1 unspecified atom stereocenters. The molecule has 21 heavy (non-hydrogen) atoms.